The standard InChI is InChI=1S/C16H17FN2O/c1-10-7-13(18)8-11(2)16(10)19-15(20)9-12-5-3-4-6-14(12)17/h3-8H,9,18H2,1-2H3,(H,19,20). The Morgan fingerprint density at radius 1 is 1.20 bits per heavy atom. The third kappa shape index (κ3) is 3.15. The van der Waals surface area contributed by atoms with Gasteiger partial charge >= 0.3 is 0 Å². The Kier molecular flexibility index (Phi) is 4.03. The highest BCUT2D eigenvalue weighted by molar-refractivity contribution is 5.94. The molecule has 3 nitrogen and oxygen atoms in total. The summed E-state index contributed by atoms with van der Waals surface area (Å²) in [5.74, 6) is -0.612. The van der Waals surface area contributed by atoms with Gasteiger partial charge in [-0.25, -0.2) is 4.39 Å². The first-order valence-electron chi connectivity index (χ1n) is 6.37. The number of hydrogen-bond acceptors (Lipinski definition) is 2. The van der Waals surface area contributed by atoms with E-state index in [1.165, 1.54) is 6.07 Å². The number of nitrogens with two attached hydrogens (primary N) is 1. The second-order valence-corrected chi connectivity index (χ2v) is 4.85. The summed E-state index contributed by atoms with van der Waals surface area (Å²) in [5.41, 5.74) is 9.31. The van der Waals surface area contributed by atoms with Crippen LogP contribution in [-0.4, -0.2) is 5.91 Å². The molecule has 3 N–H and O–H groups in total. The molecule has 104 valence electrons. The molecule has 0 aliphatic heterocycles. The van der Waals surface area contributed by atoms with E-state index in [-0.39, 0.29) is 18.1 Å². The molecule has 0 atom stereocenters. The topological polar surface area (TPSA) is 55.1 Å². The van der Waals surface area contributed by atoms with E-state index in [4.69, 9.17) is 5.73 Å². The molecule has 0 bridgehead atoms. The lowest BCUT2D eigenvalue weighted by Crippen LogP contribution is -2.16. The minimum atomic E-state index is -0.367. The number of amides is 1. The first kappa shape index (κ1) is 14.1. The predicted molar refractivity (Wildman–Crippen MR) is 79.1 cm³/mol. The van der Waals surface area contributed by atoms with Crippen LogP contribution >= 0.6 is 0 Å². The van der Waals surface area contributed by atoms with Crippen molar-refractivity contribution in [3.8, 4) is 0 Å². The first-order chi connectivity index (χ1) is 9.47. The fourth-order valence-electron chi connectivity index (χ4n) is 2.19. The number of halogens is 1. The third-order valence-corrected chi connectivity index (χ3v) is 3.13. The molecule has 0 fully saturated rings. The maximum Gasteiger partial charge on any atom is 0.228 e. The molecule has 0 radical (unpaired) electrons. The van der Waals surface area contributed by atoms with Crippen LogP contribution in [0.5, 0.6) is 0 Å². The van der Waals surface area contributed by atoms with Crippen molar-refractivity contribution in [1.82, 2.24) is 0 Å². The van der Waals surface area contributed by atoms with Gasteiger partial charge in [-0.05, 0) is 48.7 Å². The summed E-state index contributed by atoms with van der Waals surface area (Å²) < 4.78 is 13.5. The van der Waals surface area contributed by atoms with Gasteiger partial charge in [0.1, 0.15) is 5.82 Å². The molecule has 0 saturated carbocycles. The van der Waals surface area contributed by atoms with Crippen LogP contribution < -0.4 is 11.1 Å². The number of benzene rings is 2. The number of aryl methyl sites for hydroxylation is 2. The average Bonchev–Trinajstić information content (AvgIpc) is 2.36. The highest BCUT2D eigenvalue weighted by Crippen LogP contribution is 2.23. The fourth-order valence-corrected chi connectivity index (χ4v) is 2.19. The van der Waals surface area contributed by atoms with Crippen molar-refractivity contribution in [1.29, 1.82) is 0 Å². The minimum Gasteiger partial charge on any atom is -0.399 e. The average molecular weight is 272 g/mol. The largest absolute Gasteiger partial charge is 0.399 e. The van der Waals surface area contributed by atoms with Crippen LogP contribution in [0.4, 0.5) is 15.8 Å². The third-order valence-electron chi connectivity index (χ3n) is 3.13. The second-order valence-electron chi connectivity index (χ2n) is 4.85. The van der Waals surface area contributed by atoms with Gasteiger partial charge in [0.05, 0.1) is 6.42 Å². The zero-order valence-corrected chi connectivity index (χ0v) is 11.5. The number of anilines is 2. The lowest BCUT2D eigenvalue weighted by molar-refractivity contribution is -0.115. The Hall–Kier alpha value is -2.36. The summed E-state index contributed by atoms with van der Waals surface area (Å²) in [6.45, 7) is 3.75. The molecule has 0 spiro atoms. The molecule has 2 aromatic carbocycles. The summed E-state index contributed by atoms with van der Waals surface area (Å²) in [4.78, 5) is 12.0. The van der Waals surface area contributed by atoms with E-state index in [1.807, 2.05) is 13.8 Å². The number of rotatable bonds is 3. The number of hydrogen-bond donors (Lipinski definition) is 2. The van der Waals surface area contributed by atoms with Crippen molar-refractivity contribution in [2.45, 2.75) is 20.3 Å². The molecule has 0 aliphatic carbocycles. The molecule has 0 saturated heterocycles. The number of carbonyl (C=O) groups is 1. The van der Waals surface area contributed by atoms with Gasteiger partial charge in [0.2, 0.25) is 5.91 Å². The summed E-state index contributed by atoms with van der Waals surface area (Å²) in [5, 5.41) is 2.82. The Morgan fingerprint density at radius 2 is 1.80 bits per heavy atom. The summed E-state index contributed by atoms with van der Waals surface area (Å²) in [7, 11) is 0. The second kappa shape index (κ2) is 5.74. The maximum absolute atomic E-state index is 13.5. The van der Waals surface area contributed by atoms with Gasteiger partial charge in [0.25, 0.3) is 0 Å². The Morgan fingerprint density at radius 3 is 2.40 bits per heavy atom. The predicted octanol–water partition coefficient (Wildman–Crippen LogP) is 3.21. The lowest BCUT2D eigenvalue weighted by Gasteiger charge is -2.13. The number of carbonyl (C=O) groups excluding carboxylic acids is 1. The van der Waals surface area contributed by atoms with Crippen molar-refractivity contribution in [2.24, 2.45) is 0 Å². The van der Waals surface area contributed by atoms with E-state index >= 15 is 0 Å². The molecule has 0 aliphatic rings. The number of nitrogen functional groups attached to an aromatic ring is 1. The van der Waals surface area contributed by atoms with Crippen molar-refractivity contribution in [3.63, 3.8) is 0 Å². The molecule has 20 heavy (non-hydrogen) atoms. The van der Waals surface area contributed by atoms with E-state index < -0.39 is 0 Å². The van der Waals surface area contributed by atoms with Crippen LogP contribution in [0.1, 0.15) is 16.7 Å². The Labute approximate surface area is 117 Å². The highest BCUT2D eigenvalue weighted by atomic mass is 19.1. The van der Waals surface area contributed by atoms with Crippen molar-refractivity contribution >= 4 is 17.3 Å². The molecule has 0 heterocycles. The molecular weight excluding hydrogens is 255 g/mol. The molecule has 2 aromatic rings. The molecule has 4 heteroatoms. The van der Waals surface area contributed by atoms with Crippen LogP contribution in [0.25, 0.3) is 0 Å². The Balaban J connectivity index is 2.15. The summed E-state index contributed by atoms with van der Waals surface area (Å²) in [6.07, 6.45) is 0.00985. The first-order valence-corrected chi connectivity index (χ1v) is 6.37. The number of nitrogens with one attached hydrogen (secondary N) is 1. The maximum atomic E-state index is 13.5. The molecule has 0 aromatic heterocycles. The van der Waals surface area contributed by atoms with Crippen LogP contribution in [0.3, 0.4) is 0 Å². The highest BCUT2D eigenvalue weighted by Gasteiger charge is 2.11. The normalized spacial score (nSPS) is 10.3. The van der Waals surface area contributed by atoms with E-state index in [1.54, 1.807) is 30.3 Å². The van der Waals surface area contributed by atoms with Crippen LogP contribution in [-0.2, 0) is 11.2 Å². The van der Waals surface area contributed by atoms with Gasteiger partial charge in [0, 0.05) is 11.4 Å². The zero-order chi connectivity index (χ0) is 14.7. The lowest BCUT2D eigenvalue weighted by atomic mass is 10.1. The van der Waals surface area contributed by atoms with Crippen molar-refractivity contribution in [3.05, 3.63) is 58.9 Å². The molecule has 0 unspecified atom stereocenters. The van der Waals surface area contributed by atoms with E-state index in [0.29, 0.717) is 11.3 Å². The summed E-state index contributed by atoms with van der Waals surface area (Å²) >= 11 is 0. The smallest absolute Gasteiger partial charge is 0.228 e. The van der Waals surface area contributed by atoms with Gasteiger partial charge < -0.3 is 11.1 Å². The Bertz CT molecular complexity index is 630. The van der Waals surface area contributed by atoms with Crippen molar-refractivity contribution in [2.75, 3.05) is 11.1 Å². The van der Waals surface area contributed by atoms with E-state index in [0.717, 1.165) is 16.8 Å². The van der Waals surface area contributed by atoms with Crippen LogP contribution in [0.2, 0.25) is 0 Å². The van der Waals surface area contributed by atoms with Gasteiger partial charge in [-0.1, -0.05) is 18.2 Å². The van der Waals surface area contributed by atoms with Gasteiger partial charge in [-0.2, -0.15) is 0 Å². The quantitative estimate of drug-likeness (QED) is 0.843. The fraction of sp³-hybridized carbons (Fsp3) is 0.188. The molecule has 1 amide bonds. The van der Waals surface area contributed by atoms with E-state index in [2.05, 4.69) is 5.32 Å². The van der Waals surface area contributed by atoms with Crippen molar-refractivity contribution < 1.29 is 9.18 Å². The van der Waals surface area contributed by atoms with Gasteiger partial charge in [-0.3, -0.25) is 4.79 Å². The monoisotopic (exact) mass is 272 g/mol. The SMILES string of the molecule is Cc1cc(N)cc(C)c1NC(=O)Cc1ccccc1F. The van der Waals surface area contributed by atoms with Gasteiger partial charge in [-0.15, -0.1) is 0 Å². The molecule has 2 rings (SSSR count). The zero-order valence-electron chi connectivity index (χ0n) is 11.5. The minimum absolute atomic E-state index is 0.00985. The molecular formula is C16H17FN2O. The van der Waals surface area contributed by atoms with Crippen LogP contribution in [0.15, 0.2) is 36.4 Å². The van der Waals surface area contributed by atoms with E-state index in [9.17, 15) is 9.18 Å². The van der Waals surface area contributed by atoms with Gasteiger partial charge in [0.15, 0.2) is 0 Å². The summed E-state index contributed by atoms with van der Waals surface area (Å²) in [6, 6.07) is 9.87. The van der Waals surface area contributed by atoms with Crippen LogP contribution in [0, 0.1) is 19.7 Å².